The Labute approximate surface area is 147 Å². The third-order valence-electron chi connectivity index (χ3n) is 4.18. The van der Waals surface area contributed by atoms with Crippen LogP contribution in [0.25, 0.3) is 5.65 Å². The van der Waals surface area contributed by atoms with Crippen LogP contribution in [0.5, 0.6) is 0 Å². The zero-order valence-corrected chi connectivity index (χ0v) is 14.9. The molecule has 0 fully saturated rings. The normalized spacial score (nSPS) is 10.8. The number of hydrogen-bond donors (Lipinski definition) is 1. The topological polar surface area (TPSA) is 62.5 Å². The molecular formula is C19H23N5O. The van der Waals surface area contributed by atoms with Gasteiger partial charge in [0.2, 0.25) is 0 Å². The minimum atomic E-state index is -0.130. The molecule has 0 unspecified atom stereocenters. The fourth-order valence-corrected chi connectivity index (χ4v) is 2.86. The Balaban J connectivity index is 1.57. The standard InChI is InChI=1S/C19H23N5O/c1-14-12-15(2)24-18(22-14)17(13-21-24)19(25)20-10-7-11-23(3)16-8-5-4-6-9-16/h4-6,8-9,12-13H,7,10-11H2,1-3H3,(H,20,25). The maximum Gasteiger partial charge on any atom is 0.256 e. The van der Waals surface area contributed by atoms with Crippen molar-refractivity contribution < 1.29 is 4.79 Å². The Morgan fingerprint density at radius 3 is 2.76 bits per heavy atom. The van der Waals surface area contributed by atoms with Crippen LogP contribution < -0.4 is 10.2 Å². The Morgan fingerprint density at radius 2 is 2.00 bits per heavy atom. The summed E-state index contributed by atoms with van der Waals surface area (Å²) in [6.07, 6.45) is 2.45. The first kappa shape index (κ1) is 17.0. The summed E-state index contributed by atoms with van der Waals surface area (Å²) in [5, 5.41) is 7.23. The Hall–Kier alpha value is -2.89. The van der Waals surface area contributed by atoms with E-state index in [9.17, 15) is 4.79 Å². The Kier molecular flexibility index (Phi) is 4.97. The highest BCUT2D eigenvalue weighted by molar-refractivity contribution is 5.99. The second kappa shape index (κ2) is 7.34. The molecule has 0 aliphatic heterocycles. The summed E-state index contributed by atoms with van der Waals surface area (Å²) in [4.78, 5) is 19.1. The van der Waals surface area contributed by atoms with Gasteiger partial charge in [0.15, 0.2) is 5.65 Å². The quantitative estimate of drug-likeness (QED) is 0.702. The monoisotopic (exact) mass is 337 g/mol. The SMILES string of the molecule is Cc1cc(C)n2ncc(C(=O)NCCCN(C)c3ccccc3)c2n1. The number of nitrogens with zero attached hydrogens (tertiary/aromatic N) is 4. The predicted octanol–water partition coefficient (Wildman–Crippen LogP) is 2.60. The number of fused-ring (bicyclic) bond motifs is 1. The number of benzene rings is 1. The fourth-order valence-electron chi connectivity index (χ4n) is 2.86. The van der Waals surface area contributed by atoms with E-state index >= 15 is 0 Å². The largest absolute Gasteiger partial charge is 0.375 e. The second-order valence-electron chi connectivity index (χ2n) is 6.20. The van der Waals surface area contributed by atoms with Gasteiger partial charge in [-0.3, -0.25) is 4.79 Å². The van der Waals surface area contributed by atoms with E-state index in [1.54, 1.807) is 10.7 Å². The van der Waals surface area contributed by atoms with Crippen LogP contribution in [-0.4, -0.2) is 40.6 Å². The van der Waals surface area contributed by atoms with Crippen molar-refractivity contribution >= 4 is 17.2 Å². The minimum Gasteiger partial charge on any atom is -0.375 e. The van der Waals surface area contributed by atoms with Crippen LogP contribution in [0.3, 0.4) is 0 Å². The molecule has 0 atom stereocenters. The van der Waals surface area contributed by atoms with Crippen LogP contribution in [0.4, 0.5) is 5.69 Å². The molecule has 6 heteroatoms. The van der Waals surface area contributed by atoms with Crippen LogP contribution in [-0.2, 0) is 0 Å². The van der Waals surface area contributed by atoms with Crippen molar-refractivity contribution in [1.29, 1.82) is 0 Å². The lowest BCUT2D eigenvalue weighted by Gasteiger charge is -2.19. The molecule has 0 saturated carbocycles. The van der Waals surface area contributed by atoms with E-state index < -0.39 is 0 Å². The number of aryl methyl sites for hydroxylation is 2. The molecule has 6 nitrogen and oxygen atoms in total. The average Bonchev–Trinajstić information content (AvgIpc) is 3.03. The van der Waals surface area contributed by atoms with E-state index in [4.69, 9.17) is 0 Å². The number of anilines is 1. The number of para-hydroxylation sites is 1. The molecule has 25 heavy (non-hydrogen) atoms. The van der Waals surface area contributed by atoms with Gasteiger partial charge >= 0.3 is 0 Å². The van der Waals surface area contributed by atoms with Gasteiger partial charge in [-0.05, 0) is 38.5 Å². The third kappa shape index (κ3) is 3.79. The fraction of sp³-hybridized carbons (Fsp3) is 0.316. The molecule has 0 bridgehead atoms. The first-order valence-electron chi connectivity index (χ1n) is 8.42. The van der Waals surface area contributed by atoms with Gasteiger partial charge in [0, 0.05) is 37.2 Å². The molecule has 1 aromatic carbocycles. The molecule has 0 radical (unpaired) electrons. The van der Waals surface area contributed by atoms with Crippen LogP contribution in [0.1, 0.15) is 28.2 Å². The van der Waals surface area contributed by atoms with Crippen molar-refractivity contribution in [2.24, 2.45) is 0 Å². The summed E-state index contributed by atoms with van der Waals surface area (Å²) < 4.78 is 1.70. The van der Waals surface area contributed by atoms with Gasteiger partial charge in [-0.2, -0.15) is 5.10 Å². The van der Waals surface area contributed by atoms with Crippen molar-refractivity contribution in [2.75, 3.05) is 25.0 Å². The summed E-state index contributed by atoms with van der Waals surface area (Å²) in [5.41, 5.74) is 4.14. The van der Waals surface area contributed by atoms with Crippen molar-refractivity contribution in [3.63, 3.8) is 0 Å². The van der Waals surface area contributed by atoms with E-state index in [1.807, 2.05) is 38.1 Å². The van der Waals surface area contributed by atoms with E-state index in [-0.39, 0.29) is 5.91 Å². The summed E-state index contributed by atoms with van der Waals surface area (Å²) in [5.74, 6) is -0.130. The highest BCUT2D eigenvalue weighted by Gasteiger charge is 2.15. The van der Waals surface area contributed by atoms with Crippen molar-refractivity contribution in [3.8, 4) is 0 Å². The van der Waals surface area contributed by atoms with Gasteiger partial charge in [0.05, 0.1) is 6.20 Å². The van der Waals surface area contributed by atoms with Crippen molar-refractivity contribution in [1.82, 2.24) is 19.9 Å². The summed E-state index contributed by atoms with van der Waals surface area (Å²) in [7, 11) is 2.05. The van der Waals surface area contributed by atoms with Crippen molar-refractivity contribution in [3.05, 3.63) is 59.5 Å². The molecule has 0 spiro atoms. The maximum atomic E-state index is 12.4. The van der Waals surface area contributed by atoms with Crippen LogP contribution in [0.15, 0.2) is 42.6 Å². The molecule has 1 N–H and O–H groups in total. The molecule has 2 aromatic heterocycles. The van der Waals surface area contributed by atoms with E-state index in [1.165, 1.54) is 5.69 Å². The summed E-state index contributed by atoms with van der Waals surface area (Å²) >= 11 is 0. The predicted molar refractivity (Wildman–Crippen MR) is 99.1 cm³/mol. The molecule has 1 amide bonds. The lowest BCUT2D eigenvalue weighted by molar-refractivity contribution is 0.0955. The molecule has 3 aromatic rings. The van der Waals surface area contributed by atoms with Gasteiger partial charge in [-0.25, -0.2) is 9.50 Å². The number of nitrogens with one attached hydrogen (secondary N) is 1. The average molecular weight is 337 g/mol. The first-order valence-corrected chi connectivity index (χ1v) is 8.42. The number of amides is 1. The van der Waals surface area contributed by atoms with Crippen molar-refractivity contribution in [2.45, 2.75) is 20.3 Å². The first-order chi connectivity index (χ1) is 12.1. The van der Waals surface area contributed by atoms with Crippen LogP contribution >= 0.6 is 0 Å². The number of hydrogen-bond acceptors (Lipinski definition) is 4. The molecule has 0 aliphatic carbocycles. The highest BCUT2D eigenvalue weighted by Crippen LogP contribution is 2.12. The maximum absolute atomic E-state index is 12.4. The molecule has 2 heterocycles. The molecule has 130 valence electrons. The second-order valence-corrected chi connectivity index (χ2v) is 6.20. The minimum absolute atomic E-state index is 0.130. The third-order valence-corrected chi connectivity index (χ3v) is 4.18. The van der Waals surface area contributed by atoms with Crippen LogP contribution in [0, 0.1) is 13.8 Å². The van der Waals surface area contributed by atoms with E-state index in [2.05, 4.69) is 39.5 Å². The Bertz CT molecular complexity index is 872. The summed E-state index contributed by atoms with van der Waals surface area (Å²) in [6, 6.07) is 12.2. The number of carbonyl (C=O) groups excluding carboxylic acids is 1. The Morgan fingerprint density at radius 1 is 1.24 bits per heavy atom. The van der Waals surface area contributed by atoms with Gasteiger partial charge in [-0.15, -0.1) is 0 Å². The lowest BCUT2D eigenvalue weighted by Crippen LogP contribution is -2.28. The molecule has 3 rings (SSSR count). The van der Waals surface area contributed by atoms with Gasteiger partial charge in [-0.1, -0.05) is 18.2 Å². The smallest absolute Gasteiger partial charge is 0.256 e. The van der Waals surface area contributed by atoms with Gasteiger partial charge in [0.25, 0.3) is 5.91 Å². The number of rotatable bonds is 6. The molecule has 0 aliphatic rings. The number of aromatic nitrogens is 3. The zero-order valence-electron chi connectivity index (χ0n) is 14.9. The molecule has 0 saturated heterocycles. The van der Waals surface area contributed by atoms with Gasteiger partial charge in [0.1, 0.15) is 5.56 Å². The zero-order chi connectivity index (χ0) is 17.8. The number of carbonyl (C=O) groups is 1. The van der Waals surface area contributed by atoms with Crippen LogP contribution in [0.2, 0.25) is 0 Å². The van der Waals surface area contributed by atoms with E-state index in [0.717, 1.165) is 24.4 Å². The van der Waals surface area contributed by atoms with E-state index in [0.29, 0.717) is 17.8 Å². The highest BCUT2D eigenvalue weighted by atomic mass is 16.1. The van der Waals surface area contributed by atoms with Gasteiger partial charge < -0.3 is 10.2 Å². The lowest BCUT2D eigenvalue weighted by atomic mass is 10.2. The summed E-state index contributed by atoms with van der Waals surface area (Å²) in [6.45, 7) is 5.35. The molecular weight excluding hydrogens is 314 g/mol.